The van der Waals surface area contributed by atoms with E-state index in [0.717, 1.165) is 12.8 Å². The van der Waals surface area contributed by atoms with Gasteiger partial charge in [0.1, 0.15) is 0 Å². The summed E-state index contributed by atoms with van der Waals surface area (Å²) < 4.78 is 5.62. The van der Waals surface area contributed by atoms with Crippen LogP contribution in [0.2, 0.25) is 4.34 Å². The van der Waals surface area contributed by atoms with Gasteiger partial charge in [-0.3, -0.25) is 9.59 Å². The highest BCUT2D eigenvalue weighted by atomic mass is 35.5. The quantitative estimate of drug-likeness (QED) is 0.807. The molecule has 1 aliphatic rings. The van der Waals surface area contributed by atoms with Crippen LogP contribution in [0.5, 0.6) is 0 Å². The number of halogens is 1. The van der Waals surface area contributed by atoms with Gasteiger partial charge >= 0.3 is 5.97 Å². The first kappa shape index (κ1) is 14.3. The molecular weight excluding hydrogens is 286 g/mol. The van der Waals surface area contributed by atoms with Crippen LogP contribution in [-0.2, 0) is 9.53 Å². The van der Waals surface area contributed by atoms with Crippen molar-refractivity contribution in [1.29, 1.82) is 0 Å². The van der Waals surface area contributed by atoms with Gasteiger partial charge in [-0.25, -0.2) is 0 Å². The van der Waals surface area contributed by atoms with Crippen LogP contribution in [-0.4, -0.2) is 36.5 Å². The van der Waals surface area contributed by atoms with Crippen molar-refractivity contribution >= 4 is 34.8 Å². The smallest absolute Gasteiger partial charge is 0.310 e. The minimum absolute atomic E-state index is 0.0501. The summed E-state index contributed by atoms with van der Waals surface area (Å²) in [4.78, 5) is 26.3. The molecule has 19 heavy (non-hydrogen) atoms. The Bertz CT molecular complexity index is 474. The van der Waals surface area contributed by atoms with Crippen molar-refractivity contribution in [1.82, 2.24) is 4.90 Å². The average Bonchev–Trinajstić information content (AvgIpc) is 2.85. The zero-order chi connectivity index (χ0) is 13.8. The van der Waals surface area contributed by atoms with Crippen LogP contribution >= 0.6 is 22.9 Å². The summed E-state index contributed by atoms with van der Waals surface area (Å²) in [7, 11) is 0. The maximum atomic E-state index is 12.3. The lowest BCUT2D eigenvalue weighted by Crippen LogP contribution is -2.42. The summed E-state index contributed by atoms with van der Waals surface area (Å²) in [6.45, 7) is 3.29. The van der Waals surface area contributed by atoms with Crippen LogP contribution in [0, 0.1) is 5.92 Å². The predicted octanol–water partition coefficient (Wildman–Crippen LogP) is 2.82. The molecule has 0 spiro atoms. The highest BCUT2D eigenvalue weighted by Gasteiger charge is 2.30. The molecule has 1 atom stereocenters. The fourth-order valence-corrected chi connectivity index (χ4v) is 3.21. The Morgan fingerprint density at radius 1 is 1.53 bits per heavy atom. The minimum Gasteiger partial charge on any atom is -0.466 e. The lowest BCUT2D eigenvalue weighted by Gasteiger charge is -2.31. The van der Waals surface area contributed by atoms with E-state index in [-0.39, 0.29) is 17.8 Å². The average molecular weight is 302 g/mol. The molecule has 1 aromatic rings. The Morgan fingerprint density at radius 2 is 2.32 bits per heavy atom. The van der Waals surface area contributed by atoms with Crippen molar-refractivity contribution < 1.29 is 14.3 Å². The van der Waals surface area contributed by atoms with Gasteiger partial charge in [0.05, 0.1) is 21.7 Å². The molecule has 0 aliphatic carbocycles. The molecule has 0 unspecified atom stereocenters. The van der Waals surface area contributed by atoms with Gasteiger partial charge in [0.25, 0.3) is 5.91 Å². The van der Waals surface area contributed by atoms with Crippen LogP contribution in [0.25, 0.3) is 0 Å². The summed E-state index contributed by atoms with van der Waals surface area (Å²) in [6, 6.07) is 3.44. The molecule has 1 aliphatic heterocycles. The summed E-state index contributed by atoms with van der Waals surface area (Å²) in [5, 5.41) is 0. The van der Waals surface area contributed by atoms with Crippen LogP contribution in [0.4, 0.5) is 0 Å². The largest absolute Gasteiger partial charge is 0.466 e. The Kier molecular flexibility index (Phi) is 4.82. The number of carbonyl (C=O) groups is 2. The highest BCUT2D eigenvalue weighted by molar-refractivity contribution is 7.17. The molecule has 4 nitrogen and oxygen atoms in total. The predicted molar refractivity (Wildman–Crippen MR) is 74.6 cm³/mol. The zero-order valence-corrected chi connectivity index (χ0v) is 12.3. The third-order valence-corrected chi connectivity index (χ3v) is 4.33. The molecule has 0 N–H and O–H groups in total. The normalized spacial score (nSPS) is 19.3. The summed E-state index contributed by atoms with van der Waals surface area (Å²) >= 11 is 7.10. The van der Waals surface area contributed by atoms with Gasteiger partial charge in [0.15, 0.2) is 0 Å². The minimum atomic E-state index is -0.204. The van der Waals surface area contributed by atoms with E-state index in [1.165, 1.54) is 11.3 Å². The number of ether oxygens (including phenoxy) is 1. The Balaban J connectivity index is 2.01. The van der Waals surface area contributed by atoms with Crippen molar-refractivity contribution in [2.24, 2.45) is 5.92 Å². The molecular formula is C13H16ClNO3S. The van der Waals surface area contributed by atoms with E-state index < -0.39 is 0 Å². The van der Waals surface area contributed by atoms with Gasteiger partial charge in [-0.1, -0.05) is 11.6 Å². The molecule has 0 radical (unpaired) electrons. The number of nitrogens with zero attached hydrogens (tertiary/aromatic N) is 1. The van der Waals surface area contributed by atoms with Crippen molar-refractivity contribution in [2.45, 2.75) is 19.8 Å². The number of thiophene rings is 1. The zero-order valence-electron chi connectivity index (χ0n) is 10.7. The standard InChI is InChI=1S/C13H16ClNO3S/c1-2-18-13(17)9-4-3-7-15(8-9)12(16)10-5-6-11(14)19-10/h5-6,9H,2-4,7-8H2,1H3/t9-/m1/s1. The van der Waals surface area contributed by atoms with E-state index >= 15 is 0 Å². The number of rotatable bonds is 3. The molecule has 1 saturated heterocycles. The SMILES string of the molecule is CCOC(=O)[C@@H]1CCCN(C(=O)c2ccc(Cl)s2)C1. The maximum Gasteiger partial charge on any atom is 0.310 e. The van der Waals surface area contributed by atoms with E-state index in [1.807, 2.05) is 0 Å². The van der Waals surface area contributed by atoms with Crippen molar-refractivity contribution in [3.05, 3.63) is 21.3 Å². The lowest BCUT2D eigenvalue weighted by molar-refractivity contribution is -0.149. The Labute approximate surface area is 121 Å². The molecule has 1 fully saturated rings. The van der Waals surface area contributed by atoms with E-state index in [0.29, 0.717) is 28.9 Å². The molecule has 2 rings (SSSR count). The Hall–Kier alpha value is -1.07. The van der Waals surface area contributed by atoms with E-state index in [2.05, 4.69) is 0 Å². The van der Waals surface area contributed by atoms with Gasteiger partial charge in [-0.2, -0.15) is 0 Å². The second-order valence-electron chi connectivity index (χ2n) is 4.45. The number of amides is 1. The number of piperidine rings is 1. The first-order valence-corrected chi connectivity index (χ1v) is 7.52. The van der Waals surface area contributed by atoms with Crippen LogP contribution in [0.1, 0.15) is 29.4 Å². The van der Waals surface area contributed by atoms with Crippen LogP contribution in [0.15, 0.2) is 12.1 Å². The molecule has 0 bridgehead atoms. The summed E-state index contributed by atoms with van der Waals surface area (Å²) in [5.74, 6) is -0.455. The van der Waals surface area contributed by atoms with Crippen LogP contribution in [0.3, 0.4) is 0 Å². The number of esters is 1. The molecule has 1 aromatic heterocycles. The third kappa shape index (κ3) is 3.48. The van der Waals surface area contributed by atoms with Gasteiger partial charge in [-0.15, -0.1) is 11.3 Å². The van der Waals surface area contributed by atoms with Gasteiger partial charge in [0, 0.05) is 13.1 Å². The molecule has 104 valence electrons. The van der Waals surface area contributed by atoms with E-state index in [1.54, 1.807) is 24.0 Å². The summed E-state index contributed by atoms with van der Waals surface area (Å²) in [6.07, 6.45) is 1.61. The second-order valence-corrected chi connectivity index (χ2v) is 6.16. The fourth-order valence-electron chi connectivity index (χ4n) is 2.20. The first-order valence-electron chi connectivity index (χ1n) is 6.33. The number of carbonyl (C=O) groups excluding carboxylic acids is 2. The Morgan fingerprint density at radius 3 is 2.95 bits per heavy atom. The number of hydrogen-bond donors (Lipinski definition) is 0. The fraction of sp³-hybridized carbons (Fsp3) is 0.538. The molecule has 2 heterocycles. The van der Waals surface area contributed by atoms with Gasteiger partial charge in [-0.05, 0) is 31.9 Å². The molecule has 0 saturated carbocycles. The van der Waals surface area contributed by atoms with Crippen molar-refractivity contribution in [3.8, 4) is 0 Å². The van der Waals surface area contributed by atoms with E-state index in [4.69, 9.17) is 16.3 Å². The van der Waals surface area contributed by atoms with E-state index in [9.17, 15) is 9.59 Å². The molecule has 1 amide bonds. The second kappa shape index (κ2) is 6.39. The summed E-state index contributed by atoms with van der Waals surface area (Å²) in [5.41, 5.74) is 0. The molecule has 6 heteroatoms. The van der Waals surface area contributed by atoms with Crippen molar-refractivity contribution in [2.75, 3.05) is 19.7 Å². The highest BCUT2D eigenvalue weighted by Crippen LogP contribution is 2.25. The number of hydrogen-bond acceptors (Lipinski definition) is 4. The monoisotopic (exact) mass is 301 g/mol. The topological polar surface area (TPSA) is 46.6 Å². The van der Waals surface area contributed by atoms with Gasteiger partial charge < -0.3 is 9.64 Å². The maximum absolute atomic E-state index is 12.3. The molecule has 0 aromatic carbocycles. The third-order valence-electron chi connectivity index (χ3n) is 3.11. The lowest BCUT2D eigenvalue weighted by atomic mass is 9.98. The van der Waals surface area contributed by atoms with Crippen molar-refractivity contribution in [3.63, 3.8) is 0 Å². The van der Waals surface area contributed by atoms with Crippen LogP contribution < -0.4 is 0 Å². The first-order chi connectivity index (χ1) is 9.11. The van der Waals surface area contributed by atoms with Gasteiger partial charge in [0.2, 0.25) is 0 Å². The number of likely N-dealkylation sites (tertiary alicyclic amines) is 1.